The predicted molar refractivity (Wildman–Crippen MR) is 43.5 cm³/mol. The molecule has 0 bridgehead atoms. The number of nitrogens with zero attached hydrogens (tertiary/aromatic N) is 1. The smallest absolute Gasteiger partial charge is 0.429 e. The molecular formula is C8H16NO2. The minimum absolute atomic E-state index is 0.0316. The lowest BCUT2D eigenvalue weighted by molar-refractivity contribution is 0.141. The first-order chi connectivity index (χ1) is 5.16. The second-order valence-electron chi connectivity index (χ2n) is 2.69. The average Bonchev–Trinajstić information content (AvgIpc) is 1.86. The summed E-state index contributed by atoms with van der Waals surface area (Å²) >= 11 is 0. The molecule has 3 heteroatoms. The highest BCUT2D eigenvalue weighted by Gasteiger charge is 2.04. The normalized spacial score (nSPS) is 9.82. The predicted octanol–water partition coefficient (Wildman–Crippen LogP) is 1.94. The third kappa shape index (κ3) is 7.16. The molecule has 0 fully saturated rings. The van der Waals surface area contributed by atoms with Gasteiger partial charge in [-0.1, -0.05) is 13.3 Å². The van der Waals surface area contributed by atoms with Crippen LogP contribution in [-0.4, -0.2) is 18.7 Å². The Hall–Kier alpha value is -0.730. The fourth-order valence-corrected chi connectivity index (χ4v) is 0.552. The lowest BCUT2D eigenvalue weighted by atomic mass is 10.4. The van der Waals surface area contributed by atoms with Gasteiger partial charge in [-0.15, -0.1) is 0 Å². The fraction of sp³-hybridized carbons (Fsp3) is 0.875. The van der Waals surface area contributed by atoms with Crippen LogP contribution in [0, 0.1) is 0 Å². The highest BCUT2D eigenvalue weighted by Crippen LogP contribution is 1.90. The van der Waals surface area contributed by atoms with Gasteiger partial charge in [-0.05, 0) is 20.3 Å². The first-order valence-electron chi connectivity index (χ1n) is 4.04. The molecule has 0 aromatic heterocycles. The molecule has 0 unspecified atom stereocenters. The van der Waals surface area contributed by atoms with E-state index in [1.807, 2.05) is 20.8 Å². The lowest BCUT2D eigenvalue weighted by Crippen LogP contribution is -2.23. The molecule has 11 heavy (non-hydrogen) atoms. The molecule has 0 heterocycles. The van der Waals surface area contributed by atoms with Crippen molar-refractivity contribution in [1.29, 1.82) is 0 Å². The van der Waals surface area contributed by atoms with Crippen molar-refractivity contribution in [1.82, 2.24) is 5.32 Å². The number of rotatable bonds is 4. The van der Waals surface area contributed by atoms with E-state index in [1.54, 1.807) is 0 Å². The lowest BCUT2D eigenvalue weighted by Gasteiger charge is -2.05. The molecule has 0 aromatic carbocycles. The maximum absolute atomic E-state index is 10.7. The Morgan fingerprint density at radius 3 is 2.64 bits per heavy atom. The van der Waals surface area contributed by atoms with Crippen LogP contribution in [0.25, 0.3) is 0 Å². The van der Waals surface area contributed by atoms with Crippen molar-refractivity contribution in [2.45, 2.75) is 39.7 Å². The second kappa shape index (κ2) is 6.01. The summed E-state index contributed by atoms with van der Waals surface area (Å²) in [6.45, 7) is 6.24. The SMILES string of the molecule is CCCCOC(=O)[N]C(C)C. The zero-order valence-corrected chi connectivity index (χ0v) is 7.46. The third-order valence-electron chi connectivity index (χ3n) is 1.09. The summed E-state index contributed by atoms with van der Waals surface area (Å²) in [5, 5.41) is 3.69. The van der Waals surface area contributed by atoms with Crippen LogP contribution in [0.1, 0.15) is 33.6 Å². The summed E-state index contributed by atoms with van der Waals surface area (Å²) in [5.74, 6) is 0. The second-order valence-corrected chi connectivity index (χ2v) is 2.69. The molecule has 1 radical (unpaired) electrons. The van der Waals surface area contributed by atoms with Crippen LogP contribution in [0.2, 0.25) is 0 Å². The summed E-state index contributed by atoms with van der Waals surface area (Å²) in [5.41, 5.74) is 0. The van der Waals surface area contributed by atoms with E-state index in [0.717, 1.165) is 12.8 Å². The maximum Gasteiger partial charge on any atom is 0.429 e. The minimum atomic E-state index is -0.437. The number of hydrogen-bond acceptors (Lipinski definition) is 2. The van der Waals surface area contributed by atoms with Crippen molar-refractivity contribution in [2.24, 2.45) is 0 Å². The Morgan fingerprint density at radius 2 is 2.18 bits per heavy atom. The fourth-order valence-electron chi connectivity index (χ4n) is 0.552. The van der Waals surface area contributed by atoms with E-state index in [4.69, 9.17) is 4.74 Å². The maximum atomic E-state index is 10.7. The highest BCUT2D eigenvalue weighted by atomic mass is 16.5. The van der Waals surface area contributed by atoms with Crippen molar-refractivity contribution in [3.05, 3.63) is 0 Å². The standard InChI is InChI=1S/C8H16NO2/c1-4-5-6-11-8(10)9-7(2)3/h7H,4-6H2,1-3H3. The first-order valence-corrected chi connectivity index (χ1v) is 4.04. The van der Waals surface area contributed by atoms with Gasteiger partial charge in [-0.2, -0.15) is 0 Å². The Bertz CT molecular complexity index is 113. The van der Waals surface area contributed by atoms with E-state index in [0.29, 0.717) is 6.61 Å². The van der Waals surface area contributed by atoms with Gasteiger partial charge in [0.05, 0.1) is 12.6 Å². The Morgan fingerprint density at radius 1 is 1.55 bits per heavy atom. The van der Waals surface area contributed by atoms with E-state index in [2.05, 4.69) is 5.32 Å². The summed E-state index contributed by atoms with van der Waals surface area (Å²) in [7, 11) is 0. The van der Waals surface area contributed by atoms with Gasteiger partial charge < -0.3 is 4.74 Å². The highest BCUT2D eigenvalue weighted by molar-refractivity contribution is 5.66. The molecule has 65 valence electrons. The van der Waals surface area contributed by atoms with Crippen LogP contribution in [0.5, 0.6) is 0 Å². The van der Waals surface area contributed by atoms with E-state index in [9.17, 15) is 4.79 Å². The van der Waals surface area contributed by atoms with Crippen LogP contribution in [0.4, 0.5) is 4.79 Å². The topological polar surface area (TPSA) is 40.4 Å². The molecule has 1 amide bonds. The molecule has 0 aliphatic rings. The molecule has 0 aliphatic heterocycles. The number of carbonyl (C=O) groups excluding carboxylic acids is 1. The van der Waals surface area contributed by atoms with Crippen molar-refractivity contribution in [2.75, 3.05) is 6.61 Å². The van der Waals surface area contributed by atoms with Gasteiger partial charge in [0.2, 0.25) is 0 Å². The first kappa shape index (κ1) is 10.3. The van der Waals surface area contributed by atoms with Crippen LogP contribution < -0.4 is 5.32 Å². The van der Waals surface area contributed by atoms with Gasteiger partial charge in [0.25, 0.3) is 0 Å². The third-order valence-corrected chi connectivity index (χ3v) is 1.09. The van der Waals surface area contributed by atoms with Gasteiger partial charge in [-0.3, -0.25) is 0 Å². The minimum Gasteiger partial charge on any atom is -0.448 e. The summed E-state index contributed by atoms with van der Waals surface area (Å²) in [6, 6.07) is 0.0316. The monoisotopic (exact) mass is 158 g/mol. The zero-order chi connectivity index (χ0) is 8.69. The molecule has 0 saturated carbocycles. The molecule has 0 aromatic rings. The molecule has 0 rings (SSSR count). The molecule has 0 aliphatic carbocycles. The zero-order valence-electron chi connectivity index (χ0n) is 7.46. The van der Waals surface area contributed by atoms with Crippen LogP contribution in [-0.2, 0) is 4.74 Å². The molecule has 0 N–H and O–H groups in total. The van der Waals surface area contributed by atoms with Gasteiger partial charge in [-0.25, -0.2) is 10.1 Å². The van der Waals surface area contributed by atoms with E-state index in [-0.39, 0.29) is 6.04 Å². The summed E-state index contributed by atoms with van der Waals surface area (Å²) in [4.78, 5) is 10.7. The quantitative estimate of drug-likeness (QED) is 0.586. The number of ether oxygens (including phenoxy) is 1. The van der Waals surface area contributed by atoms with E-state index >= 15 is 0 Å². The van der Waals surface area contributed by atoms with Gasteiger partial charge in [0.15, 0.2) is 0 Å². The molecular weight excluding hydrogens is 142 g/mol. The van der Waals surface area contributed by atoms with E-state index in [1.165, 1.54) is 0 Å². The Labute approximate surface area is 68.1 Å². The largest absolute Gasteiger partial charge is 0.448 e. The summed E-state index contributed by atoms with van der Waals surface area (Å²) < 4.78 is 4.79. The van der Waals surface area contributed by atoms with Crippen LogP contribution in [0.15, 0.2) is 0 Å². The van der Waals surface area contributed by atoms with Gasteiger partial charge in [0.1, 0.15) is 0 Å². The number of hydrogen-bond donors (Lipinski definition) is 0. The molecule has 0 spiro atoms. The summed E-state index contributed by atoms with van der Waals surface area (Å²) in [6.07, 6.45) is 1.52. The van der Waals surface area contributed by atoms with Crippen molar-refractivity contribution >= 4 is 6.09 Å². The van der Waals surface area contributed by atoms with Crippen molar-refractivity contribution < 1.29 is 9.53 Å². The number of amides is 1. The Kier molecular flexibility index (Phi) is 5.61. The van der Waals surface area contributed by atoms with Crippen molar-refractivity contribution in [3.63, 3.8) is 0 Å². The molecule has 0 saturated heterocycles. The van der Waals surface area contributed by atoms with Gasteiger partial charge >= 0.3 is 6.09 Å². The molecule has 0 atom stereocenters. The van der Waals surface area contributed by atoms with Gasteiger partial charge in [0, 0.05) is 0 Å². The van der Waals surface area contributed by atoms with Crippen molar-refractivity contribution in [3.8, 4) is 0 Å². The Balaban J connectivity index is 3.23. The number of carbonyl (C=O) groups is 1. The average molecular weight is 158 g/mol. The van der Waals surface area contributed by atoms with E-state index < -0.39 is 6.09 Å². The van der Waals surface area contributed by atoms with Crippen LogP contribution in [0.3, 0.4) is 0 Å². The molecule has 3 nitrogen and oxygen atoms in total. The number of unbranched alkanes of at least 4 members (excludes halogenated alkanes) is 1. The van der Waals surface area contributed by atoms with Crippen LogP contribution >= 0.6 is 0 Å².